The molecule has 0 radical (unpaired) electrons. The molecule has 1 aliphatic heterocycles. The number of nitrogens with one attached hydrogen (secondary N) is 1. The molecular weight excluding hydrogens is 242 g/mol. The van der Waals surface area contributed by atoms with Crippen LogP contribution < -0.4 is 11.1 Å². The van der Waals surface area contributed by atoms with Crippen molar-refractivity contribution in [2.24, 2.45) is 11.7 Å². The number of nitrogens with zero attached hydrogens (tertiary/aromatic N) is 3. The number of carbonyl (C=O) groups excluding carboxylic acids is 1. The van der Waals surface area contributed by atoms with E-state index in [9.17, 15) is 4.79 Å². The first-order chi connectivity index (χ1) is 9.28. The number of rotatable bonds is 5. The second-order valence-electron chi connectivity index (χ2n) is 4.92. The topological polar surface area (TPSA) is 84.1 Å². The second kappa shape index (κ2) is 7.16. The molecule has 0 atom stereocenters. The molecule has 0 saturated carbocycles. The van der Waals surface area contributed by atoms with Gasteiger partial charge in [-0.3, -0.25) is 15.0 Å². The lowest BCUT2D eigenvalue weighted by atomic mass is 9.94. The van der Waals surface area contributed by atoms with E-state index >= 15 is 0 Å². The van der Waals surface area contributed by atoms with Crippen LogP contribution in [-0.2, 0) is 4.79 Å². The maximum atomic E-state index is 11.8. The molecule has 104 valence electrons. The minimum absolute atomic E-state index is 0.0523. The summed E-state index contributed by atoms with van der Waals surface area (Å²) >= 11 is 0. The molecule has 0 spiro atoms. The van der Waals surface area contributed by atoms with Crippen molar-refractivity contribution in [1.29, 1.82) is 0 Å². The molecule has 1 aromatic rings. The molecule has 0 unspecified atom stereocenters. The summed E-state index contributed by atoms with van der Waals surface area (Å²) in [6.45, 7) is 3.10. The molecule has 1 saturated heterocycles. The lowest BCUT2D eigenvalue weighted by Gasteiger charge is -2.31. The van der Waals surface area contributed by atoms with Gasteiger partial charge in [-0.1, -0.05) is 0 Å². The molecule has 1 aromatic heterocycles. The van der Waals surface area contributed by atoms with Gasteiger partial charge in [-0.15, -0.1) is 0 Å². The van der Waals surface area contributed by atoms with Crippen LogP contribution in [0.25, 0.3) is 0 Å². The highest BCUT2D eigenvalue weighted by Gasteiger charge is 2.20. The van der Waals surface area contributed by atoms with E-state index in [0.29, 0.717) is 12.5 Å². The van der Waals surface area contributed by atoms with Gasteiger partial charge in [0, 0.05) is 12.4 Å². The van der Waals surface area contributed by atoms with Gasteiger partial charge in [0.25, 0.3) is 0 Å². The first-order valence-electron chi connectivity index (χ1n) is 6.77. The maximum absolute atomic E-state index is 11.8. The van der Waals surface area contributed by atoms with E-state index in [1.54, 1.807) is 18.5 Å². The van der Waals surface area contributed by atoms with Crippen molar-refractivity contribution in [1.82, 2.24) is 14.9 Å². The smallest absolute Gasteiger partial charge is 0.240 e. The van der Waals surface area contributed by atoms with Crippen LogP contribution in [-0.4, -0.2) is 47.0 Å². The van der Waals surface area contributed by atoms with Crippen LogP contribution >= 0.6 is 0 Å². The third-order valence-corrected chi connectivity index (χ3v) is 3.47. The Morgan fingerprint density at radius 1 is 1.37 bits per heavy atom. The Labute approximate surface area is 113 Å². The van der Waals surface area contributed by atoms with Gasteiger partial charge in [-0.05, 0) is 50.9 Å². The van der Waals surface area contributed by atoms with Crippen LogP contribution in [0.2, 0.25) is 0 Å². The van der Waals surface area contributed by atoms with Gasteiger partial charge in [-0.2, -0.15) is 0 Å². The van der Waals surface area contributed by atoms with Crippen LogP contribution in [0.5, 0.6) is 0 Å². The highest BCUT2D eigenvalue weighted by atomic mass is 16.2. The third-order valence-electron chi connectivity index (χ3n) is 3.47. The number of likely N-dealkylation sites (tertiary alicyclic amines) is 1. The fourth-order valence-electron chi connectivity index (χ4n) is 2.40. The first kappa shape index (κ1) is 13.9. The van der Waals surface area contributed by atoms with Crippen molar-refractivity contribution in [2.75, 3.05) is 31.5 Å². The van der Waals surface area contributed by atoms with E-state index < -0.39 is 0 Å². The summed E-state index contributed by atoms with van der Waals surface area (Å²) in [4.78, 5) is 22.0. The largest absolute Gasteiger partial charge is 0.330 e. The van der Waals surface area contributed by atoms with Crippen molar-refractivity contribution in [3.63, 3.8) is 0 Å². The molecule has 6 heteroatoms. The van der Waals surface area contributed by atoms with Crippen molar-refractivity contribution >= 4 is 11.9 Å². The molecule has 1 amide bonds. The van der Waals surface area contributed by atoms with Crippen molar-refractivity contribution < 1.29 is 4.79 Å². The molecule has 1 aliphatic rings. The molecule has 0 aliphatic carbocycles. The summed E-state index contributed by atoms with van der Waals surface area (Å²) in [6.07, 6.45) is 6.58. The van der Waals surface area contributed by atoms with Crippen molar-refractivity contribution in [3.05, 3.63) is 18.5 Å². The molecule has 6 nitrogen and oxygen atoms in total. The second-order valence-corrected chi connectivity index (χ2v) is 4.92. The van der Waals surface area contributed by atoms with Gasteiger partial charge in [0.15, 0.2) is 0 Å². The first-order valence-corrected chi connectivity index (χ1v) is 6.77. The Bertz CT molecular complexity index is 389. The quantitative estimate of drug-likeness (QED) is 0.807. The number of piperidine rings is 1. The molecule has 1 fully saturated rings. The third kappa shape index (κ3) is 4.57. The standard InChI is InChI=1S/C13H21N5O/c14-5-2-11-3-8-18(9-4-11)10-12(19)17-13-15-6-1-7-16-13/h1,6-7,11H,2-5,8-10,14H2,(H,15,16,17,19). The van der Waals surface area contributed by atoms with Crippen LogP contribution in [0.3, 0.4) is 0 Å². The monoisotopic (exact) mass is 263 g/mol. The van der Waals surface area contributed by atoms with E-state index in [1.807, 2.05) is 0 Å². The summed E-state index contributed by atoms with van der Waals surface area (Å²) in [5.41, 5.74) is 5.57. The highest BCUT2D eigenvalue weighted by molar-refractivity contribution is 5.90. The van der Waals surface area contributed by atoms with Gasteiger partial charge in [0.2, 0.25) is 11.9 Å². The number of amides is 1. The summed E-state index contributed by atoms with van der Waals surface area (Å²) in [6, 6.07) is 1.72. The van der Waals surface area contributed by atoms with Gasteiger partial charge < -0.3 is 5.73 Å². The Morgan fingerprint density at radius 3 is 2.68 bits per heavy atom. The zero-order chi connectivity index (χ0) is 13.5. The number of nitrogens with two attached hydrogens (primary N) is 1. The average molecular weight is 263 g/mol. The SMILES string of the molecule is NCCC1CCN(CC(=O)Nc2ncccn2)CC1. The Kier molecular flexibility index (Phi) is 5.23. The van der Waals surface area contributed by atoms with Gasteiger partial charge in [0.05, 0.1) is 6.54 Å². The maximum Gasteiger partial charge on any atom is 0.240 e. The molecule has 19 heavy (non-hydrogen) atoms. The number of hydrogen-bond acceptors (Lipinski definition) is 5. The Balaban J connectivity index is 1.72. The minimum atomic E-state index is -0.0523. The van der Waals surface area contributed by atoms with Crippen LogP contribution in [0.15, 0.2) is 18.5 Å². The summed E-state index contributed by atoms with van der Waals surface area (Å²) in [5.74, 6) is 1.04. The normalized spacial score (nSPS) is 17.3. The van der Waals surface area contributed by atoms with E-state index in [1.165, 1.54) is 0 Å². The Morgan fingerprint density at radius 2 is 2.05 bits per heavy atom. The number of aromatic nitrogens is 2. The van der Waals surface area contributed by atoms with E-state index in [2.05, 4.69) is 20.2 Å². The highest BCUT2D eigenvalue weighted by Crippen LogP contribution is 2.19. The average Bonchev–Trinajstić information content (AvgIpc) is 2.42. The molecular formula is C13H21N5O. The molecule has 2 rings (SSSR count). The fourth-order valence-corrected chi connectivity index (χ4v) is 2.40. The van der Waals surface area contributed by atoms with Crippen molar-refractivity contribution in [3.8, 4) is 0 Å². The van der Waals surface area contributed by atoms with Crippen molar-refractivity contribution in [2.45, 2.75) is 19.3 Å². The summed E-state index contributed by atoms with van der Waals surface area (Å²) < 4.78 is 0. The van der Waals surface area contributed by atoms with Crippen LogP contribution in [0.4, 0.5) is 5.95 Å². The number of anilines is 1. The van der Waals surface area contributed by atoms with E-state index in [4.69, 9.17) is 5.73 Å². The molecule has 3 N–H and O–H groups in total. The predicted octanol–water partition coefficient (Wildman–Crippen LogP) is 0.476. The van der Waals surface area contributed by atoms with Crippen LogP contribution in [0.1, 0.15) is 19.3 Å². The Hall–Kier alpha value is -1.53. The fraction of sp³-hybridized carbons (Fsp3) is 0.615. The molecule has 0 bridgehead atoms. The van der Waals surface area contributed by atoms with Crippen LogP contribution in [0, 0.1) is 5.92 Å². The lowest BCUT2D eigenvalue weighted by Crippen LogP contribution is -2.39. The molecule has 0 aromatic carbocycles. The molecule has 2 heterocycles. The zero-order valence-electron chi connectivity index (χ0n) is 11.1. The summed E-state index contributed by atoms with van der Waals surface area (Å²) in [5, 5.41) is 2.70. The number of hydrogen-bond donors (Lipinski definition) is 2. The predicted molar refractivity (Wildman–Crippen MR) is 73.5 cm³/mol. The van der Waals surface area contributed by atoms with Gasteiger partial charge >= 0.3 is 0 Å². The van der Waals surface area contributed by atoms with Gasteiger partial charge in [-0.25, -0.2) is 9.97 Å². The summed E-state index contributed by atoms with van der Waals surface area (Å²) in [7, 11) is 0. The lowest BCUT2D eigenvalue weighted by molar-refractivity contribution is -0.117. The van der Waals surface area contributed by atoms with E-state index in [-0.39, 0.29) is 5.91 Å². The van der Waals surface area contributed by atoms with Gasteiger partial charge in [0.1, 0.15) is 0 Å². The zero-order valence-corrected chi connectivity index (χ0v) is 11.1. The van der Waals surface area contributed by atoms with E-state index in [0.717, 1.165) is 44.8 Å². The minimum Gasteiger partial charge on any atom is -0.330 e. The number of carbonyl (C=O) groups is 1.